The fourth-order valence-electron chi connectivity index (χ4n) is 3.23. The Hall–Kier alpha value is -3.81. The number of halogens is 2. The maximum Gasteiger partial charge on any atom is 0.244 e. The van der Waals surface area contributed by atoms with E-state index >= 15 is 0 Å². The van der Waals surface area contributed by atoms with E-state index in [4.69, 9.17) is 32.7 Å². The topological polar surface area (TPSA) is 78.3 Å². The second kappa shape index (κ2) is 11.6. The zero-order valence-corrected chi connectivity index (χ0v) is 20.3. The molecule has 0 spiro atoms. The van der Waals surface area contributed by atoms with E-state index in [0.29, 0.717) is 39.5 Å². The molecule has 0 atom stereocenters. The Bertz CT molecular complexity index is 1340. The first-order chi connectivity index (χ1) is 17.0. The summed E-state index contributed by atoms with van der Waals surface area (Å²) in [5.74, 6) is 0.910. The van der Waals surface area contributed by atoms with Crippen LogP contribution in [0.5, 0.6) is 11.5 Å². The van der Waals surface area contributed by atoms with Crippen molar-refractivity contribution in [3.8, 4) is 17.2 Å². The summed E-state index contributed by atoms with van der Waals surface area (Å²) in [4.78, 5) is 12.1. The molecule has 0 unspecified atom stereocenters. The van der Waals surface area contributed by atoms with E-state index < -0.39 is 0 Å². The molecule has 0 aliphatic rings. The number of benzene rings is 3. The van der Waals surface area contributed by atoms with Crippen LogP contribution in [0.1, 0.15) is 16.8 Å². The highest BCUT2D eigenvalue weighted by molar-refractivity contribution is 6.35. The minimum atomic E-state index is -0.183. The van der Waals surface area contributed by atoms with Gasteiger partial charge >= 0.3 is 0 Å². The Morgan fingerprint density at radius 3 is 2.66 bits per heavy atom. The zero-order chi connectivity index (χ0) is 24.6. The van der Waals surface area contributed by atoms with Gasteiger partial charge in [-0.05, 0) is 47.5 Å². The van der Waals surface area contributed by atoms with Gasteiger partial charge in [-0.3, -0.25) is 4.79 Å². The summed E-state index contributed by atoms with van der Waals surface area (Å²) in [5, 5.41) is 12.1. The molecule has 178 valence electrons. The smallest absolute Gasteiger partial charge is 0.244 e. The van der Waals surface area contributed by atoms with Crippen LogP contribution in [0.25, 0.3) is 11.8 Å². The maximum absolute atomic E-state index is 12.1. The molecule has 0 aliphatic heterocycles. The number of carbonyl (C=O) groups excluding carboxylic acids is 1. The Kier molecular flexibility index (Phi) is 8.03. The van der Waals surface area contributed by atoms with Crippen LogP contribution in [0, 0.1) is 0 Å². The Labute approximate surface area is 212 Å². The van der Waals surface area contributed by atoms with E-state index in [1.54, 1.807) is 48.3 Å². The molecule has 0 aliphatic carbocycles. The molecule has 1 N–H and O–H groups in total. The molecule has 0 saturated heterocycles. The van der Waals surface area contributed by atoms with Crippen molar-refractivity contribution < 1.29 is 14.3 Å². The second-order valence-electron chi connectivity index (χ2n) is 7.49. The highest BCUT2D eigenvalue weighted by Crippen LogP contribution is 2.29. The van der Waals surface area contributed by atoms with Crippen molar-refractivity contribution in [2.24, 2.45) is 0 Å². The lowest BCUT2D eigenvalue weighted by atomic mass is 10.2. The summed E-state index contributed by atoms with van der Waals surface area (Å²) < 4.78 is 12.9. The molecule has 35 heavy (non-hydrogen) atoms. The van der Waals surface area contributed by atoms with Crippen molar-refractivity contribution in [3.63, 3.8) is 0 Å². The monoisotopic (exact) mass is 508 g/mol. The van der Waals surface area contributed by atoms with E-state index in [0.717, 1.165) is 11.1 Å². The molecule has 4 rings (SSSR count). The summed E-state index contributed by atoms with van der Waals surface area (Å²) in [6.45, 7) is 0.534. The highest BCUT2D eigenvalue weighted by atomic mass is 35.5. The molecule has 0 saturated carbocycles. The molecule has 7 nitrogen and oxygen atoms in total. The number of rotatable bonds is 9. The normalized spacial score (nSPS) is 10.9. The summed E-state index contributed by atoms with van der Waals surface area (Å²) >= 11 is 12.2. The number of amides is 1. The van der Waals surface area contributed by atoms with Gasteiger partial charge in [0, 0.05) is 17.6 Å². The summed E-state index contributed by atoms with van der Waals surface area (Å²) in [5.41, 5.74) is 3.11. The van der Waals surface area contributed by atoms with Crippen molar-refractivity contribution in [1.29, 1.82) is 0 Å². The zero-order valence-electron chi connectivity index (χ0n) is 18.8. The van der Waals surface area contributed by atoms with Crippen LogP contribution < -0.4 is 14.8 Å². The Balaban J connectivity index is 1.34. The SMILES string of the molecule is COc1cc(CNC(=O)/C=C/c2ccccc2)ccc1OCc1cn(-c2ccc(Cl)cc2Cl)nn1. The third kappa shape index (κ3) is 6.62. The van der Waals surface area contributed by atoms with Crippen LogP contribution >= 0.6 is 23.2 Å². The lowest BCUT2D eigenvalue weighted by Gasteiger charge is -2.11. The number of nitrogens with one attached hydrogen (secondary N) is 1. The van der Waals surface area contributed by atoms with E-state index in [9.17, 15) is 4.79 Å². The molecule has 3 aromatic carbocycles. The lowest BCUT2D eigenvalue weighted by molar-refractivity contribution is -0.116. The average molecular weight is 509 g/mol. The number of carbonyl (C=O) groups is 1. The quantitative estimate of drug-likeness (QED) is 0.302. The van der Waals surface area contributed by atoms with Gasteiger partial charge in [0.25, 0.3) is 0 Å². The van der Waals surface area contributed by atoms with Crippen molar-refractivity contribution in [2.45, 2.75) is 13.2 Å². The predicted molar refractivity (Wildman–Crippen MR) is 136 cm³/mol. The van der Waals surface area contributed by atoms with Gasteiger partial charge < -0.3 is 14.8 Å². The molecule has 0 radical (unpaired) electrons. The van der Waals surface area contributed by atoms with Gasteiger partial charge in [0.05, 0.1) is 24.0 Å². The first kappa shape index (κ1) is 24.3. The third-order valence-electron chi connectivity index (χ3n) is 4.99. The largest absolute Gasteiger partial charge is 0.493 e. The first-order valence-electron chi connectivity index (χ1n) is 10.7. The lowest BCUT2D eigenvalue weighted by Crippen LogP contribution is -2.20. The fraction of sp³-hybridized carbons (Fsp3) is 0.115. The third-order valence-corrected chi connectivity index (χ3v) is 5.53. The van der Waals surface area contributed by atoms with Gasteiger partial charge in [-0.1, -0.05) is 64.8 Å². The number of hydrogen-bond donors (Lipinski definition) is 1. The highest BCUT2D eigenvalue weighted by Gasteiger charge is 2.11. The molecule has 1 aromatic heterocycles. The van der Waals surface area contributed by atoms with E-state index in [-0.39, 0.29) is 12.5 Å². The molecule has 0 bridgehead atoms. The minimum Gasteiger partial charge on any atom is -0.493 e. The van der Waals surface area contributed by atoms with Gasteiger partial charge in [0.1, 0.15) is 12.3 Å². The minimum absolute atomic E-state index is 0.182. The summed E-state index contributed by atoms with van der Waals surface area (Å²) in [6, 6.07) is 20.3. The van der Waals surface area contributed by atoms with Gasteiger partial charge in [-0.2, -0.15) is 0 Å². The second-order valence-corrected chi connectivity index (χ2v) is 8.33. The van der Waals surface area contributed by atoms with Gasteiger partial charge in [-0.25, -0.2) is 4.68 Å². The van der Waals surface area contributed by atoms with Crippen molar-refractivity contribution >= 4 is 35.2 Å². The summed E-state index contributed by atoms with van der Waals surface area (Å²) in [7, 11) is 1.56. The molecule has 0 fully saturated rings. The molecule has 1 heterocycles. The molecule has 4 aromatic rings. The van der Waals surface area contributed by atoms with Crippen molar-refractivity contribution in [1.82, 2.24) is 20.3 Å². The standard InChI is InChI=1S/C26H22Cl2N4O3/c1-34-25-13-19(15-29-26(33)12-8-18-5-3-2-4-6-18)7-11-24(25)35-17-21-16-32(31-30-21)23-10-9-20(27)14-22(23)28/h2-14,16H,15,17H2,1H3,(H,29,33)/b12-8+. The van der Waals surface area contributed by atoms with E-state index in [2.05, 4.69) is 15.6 Å². The van der Waals surface area contributed by atoms with E-state index in [1.807, 2.05) is 42.5 Å². The van der Waals surface area contributed by atoms with Crippen LogP contribution in [-0.2, 0) is 17.9 Å². The van der Waals surface area contributed by atoms with Crippen molar-refractivity contribution in [3.05, 3.63) is 106 Å². The van der Waals surface area contributed by atoms with Gasteiger partial charge in [0.15, 0.2) is 11.5 Å². The van der Waals surface area contributed by atoms with Gasteiger partial charge in [0.2, 0.25) is 5.91 Å². The number of ether oxygens (including phenoxy) is 2. The molecular formula is C26H22Cl2N4O3. The molecular weight excluding hydrogens is 487 g/mol. The fourth-order valence-corrected chi connectivity index (χ4v) is 3.72. The number of aromatic nitrogens is 3. The van der Waals surface area contributed by atoms with Crippen LogP contribution in [0.4, 0.5) is 0 Å². The Morgan fingerprint density at radius 1 is 1.06 bits per heavy atom. The molecule has 9 heteroatoms. The summed E-state index contributed by atoms with van der Waals surface area (Å²) in [6.07, 6.45) is 5.01. The first-order valence-corrected chi connectivity index (χ1v) is 11.4. The van der Waals surface area contributed by atoms with Gasteiger partial charge in [-0.15, -0.1) is 5.10 Å². The Morgan fingerprint density at radius 2 is 1.89 bits per heavy atom. The number of hydrogen-bond acceptors (Lipinski definition) is 5. The van der Waals surface area contributed by atoms with Crippen molar-refractivity contribution in [2.75, 3.05) is 7.11 Å². The number of nitrogens with zero attached hydrogens (tertiary/aromatic N) is 3. The van der Waals surface area contributed by atoms with Crippen LogP contribution in [0.3, 0.4) is 0 Å². The number of methoxy groups -OCH3 is 1. The molecule has 1 amide bonds. The average Bonchev–Trinajstić information content (AvgIpc) is 3.34. The van der Waals surface area contributed by atoms with E-state index in [1.165, 1.54) is 6.08 Å². The van der Waals surface area contributed by atoms with Crippen LogP contribution in [-0.4, -0.2) is 28.0 Å². The van der Waals surface area contributed by atoms with Crippen LogP contribution in [0.2, 0.25) is 10.0 Å². The van der Waals surface area contributed by atoms with Crippen LogP contribution in [0.15, 0.2) is 79.0 Å². The predicted octanol–water partition coefficient (Wildman–Crippen LogP) is 5.49. The maximum atomic E-state index is 12.1.